The number of aromatic nitrogens is 2. The SMILES string of the molecule is NC(=O)Nc1ccc(-c2nc(N)cc(C3(S(=O)(=O)c4ccc(F)cc4F)CC3)n2)cc1. The molecule has 1 aliphatic rings. The molecule has 0 spiro atoms. The third kappa shape index (κ3) is 3.67. The quantitative estimate of drug-likeness (QED) is 0.516. The van der Waals surface area contributed by atoms with E-state index in [0.29, 0.717) is 17.3 Å². The predicted molar refractivity (Wildman–Crippen MR) is 110 cm³/mol. The predicted octanol–water partition coefficient (Wildman–Crippen LogP) is 2.96. The maximum atomic E-state index is 14.3. The van der Waals surface area contributed by atoms with Gasteiger partial charge in [-0.15, -0.1) is 0 Å². The molecule has 0 unspecified atom stereocenters. The first-order valence-electron chi connectivity index (χ1n) is 9.14. The number of urea groups is 1. The Labute approximate surface area is 176 Å². The van der Waals surface area contributed by atoms with Gasteiger partial charge in [-0.25, -0.2) is 32.0 Å². The van der Waals surface area contributed by atoms with E-state index in [9.17, 15) is 22.0 Å². The van der Waals surface area contributed by atoms with Crippen LogP contribution in [-0.4, -0.2) is 24.4 Å². The number of nitrogen functional groups attached to an aromatic ring is 1. The molecule has 5 N–H and O–H groups in total. The fourth-order valence-corrected chi connectivity index (χ4v) is 5.36. The van der Waals surface area contributed by atoms with Gasteiger partial charge in [0.05, 0.1) is 5.69 Å². The fraction of sp³-hybridized carbons (Fsp3) is 0.150. The van der Waals surface area contributed by atoms with Crippen molar-refractivity contribution in [1.29, 1.82) is 0 Å². The van der Waals surface area contributed by atoms with Gasteiger partial charge in [0.2, 0.25) is 0 Å². The maximum absolute atomic E-state index is 14.3. The molecule has 11 heteroatoms. The highest BCUT2D eigenvalue weighted by Crippen LogP contribution is 2.55. The highest BCUT2D eigenvalue weighted by Gasteiger charge is 2.58. The van der Waals surface area contributed by atoms with Gasteiger partial charge in [0, 0.05) is 23.4 Å². The molecule has 1 saturated carbocycles. The van der Waals surface area contributed by atoms with Crippen LogP contribution in [0.1, 0.15) is 18.5 Å². The number of sulfone groups is 1. The lowest BCUT2D eigenvalue weighted by Crippen LogP contribution is -2.24. The first kappa shape index (κ1) is 20.7. The number of hydrogen-bond donors (Lipinski definition) is 3. The molecule has 1 aromatic heterocycles. The number of primary amides is 1. The molecule has 0 bridgehead atoms. The third-order valence-electron chi connectivity index (χ3n) is 5.03. The smallest absolute Gasteiger partial charge is 0.316 e. The van der Waals surface area contributed by atoms with Crippen LogP contribution < -0.4 is 16.8 Å². The lowest BCUT2D eigenvalue weighted by molar-refractivity contribution is 0.259. The second kappa shape index (κ2) is 7.27. The van der Waals surface area contributed by atoms with Crippen LogP contribution in [-0.2, 0) is 14.6 Å². The molecule has 0 atom stereocenters. The maximum Gasteiger partial charge on any atom is 0.316 e. The zero-order chi connectivity index (χ0) is 22.4. The molecule has 1 heterocycles. The van der Waals surface area contributed by atoms with E-state index < -0.39 is 37.1 Å². The lowest BCUT2D eigenvalue weighted by atomic mass is 10.1. The average Bonchev–Trinajstić information content (AvgIpc) is 3.50. The first-order chi connectivity index (χ1) is 14.6. The van der Waals surface area contributed by atoms with Crippen molar-refractivity contribution in [3.05, 3.63) is 65.9 Å². The van der Waals surface area contributed by atoms with Crippen LogP contribution in [0.2, 0.25) is 0 Å². The average molecular weight is 445 g/mol. The normalized spacial score (nSPS) is 14.8. The summed E-state index contributed by atoms with van der Waals surface area (Å²) in [4.78, 5) is 18.9. The minimum absolute atomic E-state index is 0.0420. The Balaban J connectivity index is 1.75. The van der Waals surface area contributed by atoms with Gasteiger partial charge in [-0.2, -0.15) is 0 Å². The molecule has 3 aromatic rings. The summed E-state index contributed by atoms with van der Waals surface area (Å²) in [6.07, 6.45) is 0.424. The van der Waals surface area contributed by atoms with Gasteiger partial charge in [0.1, 0.15) is 27.1 Å². The van der Waals surface area contributed by atoms with Crippen LogP contribution >= 0.6 is 0 Å². The molecule has 0 radical (unpaired) electrons. The Kier molecular flexibility index (Phi) is 4.85. The van der Waals surface area contributed by atoms with E-state index in [-0.39, 0.29) is 30.2 Å². The van der Waals surface area contributed by atoms with E-state index in [1.165, 1.54) is 6.07 Å². The van der Waals surface area contributed by atoms with E-state index >= 15 is 0 Å². The first-order valence-corrected chi connectivity index (χ1v) is 10.6. The van der Waals surface area contributed by atoms with Crippen LogP contribution in [0.3, 0.4) is 0 Å². The van der Waals surface area contributed by atoms with Crippen LogP contribution in [0.5, 0.6) is 0 Å². The number of nitrogens with one attached hydrogen (secondary N) is 1. The van der Waals surface area contributed by atoms with Crippen molar-refractivity contribution in [3.63, 3.8) is 0 Å². The molecule has 8 nitrogen and oxygen atoms in total. The van der Waals surface area contributed by atoms with E-state index in [1.807, 2.05) is 0 Å². The Bertz CT molecular complexity index is 1290. The van der Waals surface area contributed by atoms with Gasteiger partial charge in [-0.1, -0.05) is 0 Å². The monoisotopic (exact) mass is 445 g/mol. The molecule has 2 amide bonds. The van der Waals surface area contributed by atoms with Crippen molar-refractivity contribution < 1.29 is 22.0 Å². The largest absolute Gasteiger partial charge is 0.384 e. The van der Waals surface area contributed by atoms with E-state index in [0.717, 1.165) is 12.1 Å². The molecule has 1 aliphatic carbocycles. The molecule has 31 heavy (non-hydrogen) atoms. The highest BCUT2D eigenvalue weighted by atomic mass is 32.2. The molecule has 2 aromatic carbocycles. The Morgan fingerprint density at radius 1 is 1.03 bits per heavy atom. The second-order valence-corrected chi connectivity index (χ2v) is 9.37. The highest BCUT2D eigenvalue weighted by molar-refractivity contribution is 7.92. The summed E-state index contributed by atoms with van der Waals surface area (Å²) >= 11 is 0. The van der Waals surface area contributed by atoms with Crippen molar-refractivity contribution in [2.75, 3.05) is 11.1 Å². The molecule has 0 saturated heterocycles. The molecule has 0 aliphatic heterocycles. The van der Waals surface area contributed by atoms with Gasteiger partial charge in [0.15, 0.2) is 15.7 Å². The van der Waals surface area contributed by atoms with E-state index in [2.05, 4.69) is 15.3 Å². The summed E-state index contributed by atoms with van der Waals surface area (Å²) in [7, 11) is -4.21. The number of hydrogen-bond acceptors (Lipinski definition) is 6. The van der Waals surface area contributed by atoms with Gasteiger partial charge in [0.25, 0.3) is 0 Å². The van der Waals surface area contributed by atoms with Gasteiger partial charge >= 0.3 is 6.03 Å². The van der Waals surface area contributed by atoms with E-state index in [1.54, 1.807) is 24.3 Å². The summed E-state index contributed by atoms with van der Waals surface area (Å²) in [5.41, 5.74) is 12.1. The van der Waals surface area contributed by atoms with Crippen molar-refractivity contribution in [1.82, 2.24) is 9.97 Å². The Hall–Kier alpha value is -3.60. The minimum atomic E-state index is -4.21. The number of halogens is 2. The van der Waals surface area contributed by atoms with Crippen molar-refractivity contribution >= 4 is 27.4 Å². The summed E-state index contributed by atoms with van der Waals surface area (Å²) in [6.45, 7) is 0. The second-order valence-electron chi connectivity index (χ2n) is 7.14. The van der Waals surface area contributed by atoms with Gasteiger partial charge in [-0.3, -0.25) is 0 Å². The van der Waals surface area contributed by atoms with Crippen LogP contribution in [0.15, 0.2) is 53.4 Å². The zero-order valence-electron chi connectivity index (χ0n) is 16.0. The summed E-state index contributed by atoms with van der Waals surface area (Å²) in [6, 6.07) is 9.33. The lowest BCUT2D eigenvalue weighted by Gasteiger charge is -2.18. The molecule has 1 fully saturated rings. The van der Waals surface area contributed by atoms with Gasteiger partial charge < -0.3 is 16.8 Å². The molecular weight excluding hydrogens is 428 g/mol. The number of benzene rings is 2. The van der Waals surface area contributed by atoms with Crippen molar-refractivity contribution in [2.24, 2.45) is 5.73 Å². The molecule has 160 valence electrons. The minimum Gasteiger partial charge on any atom is -0.384 e. The number of carbonyl (C=O) groups excluding carboxylic acids is 1. The number of rotatable bonds is 5. The van der Waals surface area contributed by atoms with Crippen molar-refractivity contribution in [2.45, 2.75) is 22.5 Å². The zero-order valence-corrected chi connectivity index (χ0v) is 16.8. The number of anilines is 2. The van der Waals surface area contributed by atoms with Crippen LogP contribution in [0, 0.1) is 11.6 Å². The number of nitrogens with two attached hydrogens (primary N) is 2. The summed E-state index contributed by atoms with van der Waals surface area (Å²) < 4.78 is 52.5. The number of amides is 2. The third-order valence-corrected chi connectivity index (χ3v) is 7.58. The molecular formula is C20H17F2N5O3S. The fourth-order valence-electron chi connectivity index (χ4n) is 3.35. The summed E-state index contributed by atoms with van der Waals surface area (Å²) in [5.74, 6) is -1.82. The summed E-state index contributed by atoms with van der Waals surface area (Å²) in [5, 5.41) is 2.42. The molecule has 4 rings (SSSR count). The topological polar surface area (TPSA) is 141 Å². The van der Waals surface area contributed by atoms with Gasteiger partial charge in [-0.05, 0) is 49.2 Å². The Morgan fingerprint density at radius 3 is 2.29 bits per heavy atom. The van der Waals surface area contributed by atoms with Crippen molar-refractivity contribution in [3.8, 4) is 11.4 Å². The van der Waals surface area contributed by atoms with Crippen LogP contribution in [0.4, 0.5) is 25.1 Å². The number of nitrogens with zero attached hydrogens (tertiary/aromatic N) is 2. The number of carbonyl (C=O) groups is 1. The van der Waals surface area contributed by atoms with Crippen LogP contribution in [0.25, 0.3) is 11.4 Å². The van der Waals surface area contributed by atoms with E-state index in [4.69, 9.17) is 11.5 Å². The Morgan fingerprint density at radius 2 is 1.71 bits per heavy atom. The standard InChI is InChI=1S/C20H17F2N5O3S/c21-12-3-6-15(14(22)9-12)31(29,30)20(7-8-20)16-10-17(23)27-18(26-16)11-1-4-13(5-2-11)25-19(24)28/h1-6,9-10H,7-8H2,(H2,23,26,27)(H3,24,25,28).